The summed E-state index contributed by atoms with van der Waals surface area (Å²) in [6, 6.07) is 6.87. The number of hydrogen-bond acceptors (Lipinski definition) is 5. The molecule has 0 aliphatic rings. The van der Waals surface area contributed by atoms with Gasteiger partial charge in [0.15, 0.2) is 0 Å². The second-order valence-electron chi connectivity index (χ2n) is 4.87. The zero-order valence-electron chi connectivity index (χ0n) is 12.7. The number of carbonyl (C=O) groups excluding carboxylic acids is 1. The normalized spacial score (nSPS) is 13.2. The first-order valence-corrected chi connectivity index (χ1v) is 9.05. The zero-order chi connectivity index (χ0) is 16.0. The summed E-state index contributed by atoms with van der Waals surface area (Å²) in [4.78, 5) is 11.6. The van der Waals surface area contributed by atoms with Gasteiger partial charge in [0.25, 0.3) is 0 Å². The molecular weight excluding hydrogens is 310 g/mol. The van der Waals surface area contributed by atoms with Crippen molar-refractivity contribution in [3.05, 3.63) is 29.8 Å². The van der Waals surface area contributed by atoms with Crippen LogP contribution in [0.1, 0.15) is 12.5 Å². The second kappa shape index (κ2) is 7.82. The van der Waals surface area contributed by atoms with Crippen molar-refractivity contribution >= 4 is 27.8 Å². The fraction of sp³-hybridized carbons (Fsp3) is 0.500. The first kappa shape index (κ1) is 18.0. The minimum atomic E-state index is -3.41. The van der Waals surface area contributed by atoms with E-state index in [0.29, 0.717) is 11.5 Å². The summed E-state index contributed by atoms with van der Waals surface area (Å²) in [6.45, 7) is 1.81. The fourth-order valence-electron chi connectivity index (χ4n) is 1.63. The summed E-state index contributed by atoms with van der Waals surface area (Å²) in [5.74, 6) is 0.884. The van der Waals surface area contributed by atoms with E-state index in [1.807, 2.05) is 13.0 Å². The Morgan fingerprint density at radius 1 is 1.38 bits per heavy atom. The Hall–Kier alpha value is -1.05. The molecule has 0 bridgehead atoms. The maximum Gasteiger partial charge on any atom is 0.309 e. The average molecular weight is 331 g/mol. The number of carbonyl (C=O) groups is 1. The van der Waals surface area contributed by atoms with Crippen LogP contribution in [-0.2, 0) is 25.3 Å². The number of benzene rings is 1. The topological polar surface area (TPSA) is 63.7 Å². The van der Waals surface area contributed by atoms with Gasteiger partial charge in [-0.15, -0.1) is 0 Å². The largest absolute Gasteiger partial charge is 0.469 e. The van der Waals surface area contributed by atoms with Gasteiger partial charge in [0.1, 0.15) is 0 Å². The molecule has 0 saturated carbocycles. The number of methoxy groups -OCH3 is 1. The smallest absolute Gasteiger partial charge is 0.309 e. The standard InChI is InChI=1S/C14H21NO4S2/c1-11(14(16)19-4)9-20-10-12-6-5-7-13(8-12)21(17,18)15(2)3/h5-8,11H,9-10H2,1-4H3. The van der Waals surface area contributed by atoms with Gasteiger partial charge >= 0.3 is 5.97 Å². The highest BCUT2D eigenvalue weighted by Gasteiger charge is 2.17. The molecule has 1 aromatic carbocycles. The van der Waals surface area contributed by atoms with Crippen molar-refractivity contribution in [2.75, 3.05) is 27.0 Å². The molecular formula is C14H21NO4S2. The molecule has 0 aliphatic heterocycles. The van der Waals surface area contributed by atoms with E-state index < -0.39 is 10.0 Å². The Morgan fingerprint density at radius 2 is 2.05 bits per heavy atom. The molecule has 0 amide bonds. The van der Waals surface area contributed by atoms with Crippen LogP contribution in [0.2, 0.25) is 0 Å². The van der Waals surface area contributed by atoms with Crippen molar-refractivity contribution in [2.45, 2.75) is 17.6 Å². The molecule has 1 atom stereocenters. The Morgan fingerprint density at radius 3 is 2.62 bits per heavy atom. The van der Waals surface area contributed by atoms with E-state index in [1.165, 1.54) is 25.5 Å². The van der Waals surface area contributed by atoms with Crippen LogP contribution < -0.4 is 0 Å². The van der Waals surface area contributed by atoms with Crippen molar-refractivity contribution in [1.29, 1.82) is 0 Å². The van der Waals surface area contributed by atoms with Gasteiger partial charge in [-0.3, -0.25) is 4.79 Å². The van der Waals surface area contributed by atoms with Crippen molar-refractivity contribution in [3.63, 3.8) is 0 Å². The van der Waals surface area contributed by atoms with E-state index in [2.05, 4.69) is 4.74 Å². The maximum atomic E-state index is 12.1. The monoisotopic (exact) mass is 331 g/mol. The summed E-state index contributed by atoms with van der Waals surface area (Å²) in [5, 5.41) is 0. The Kier molecular flexibility index (Phi) is 6.70. The van der Waals surface area contributed by atoms with E-state index in [9.17, 15) is 13.2 Å². The molecule has 1 aromatic rings. The molecule has 118 valence electrons. The lowest BCUT2D eigenvalue weighted by Crippen LogP contribution is -2.22. The lowest BCUT2D eigenvalue weighted by Gasteiger charge is -2.12. The highest BCUT2D eigenvalue weighted by atomic mass is 32.2. The van der Waals surface area contributed by atoms with Crippen LogP contribution in [-0.4, -0.2) is 45.7 Å². The van der Waals surface area contributed by atoms with Crippen molar-refractivity contribution in [3.8, 4) is 0 Å². The molecule has 0 N–H and O–H groups in total. The molecule has 1 unspecified atom stereocenters. The molecule has 0 aromatic heterocycles. The predicted molar refractivity (Wildman–Crippen MR) is 84.7 cm³/mol. The molecule has 0 heterocycles. The fourth-order valence-corrected chi connectivity index (χ4v) is 3.62. The molecule has 21 heavy (non-hydrogen) atoms. The highest BCUT2D eigenvalue weighted by Crippen LogP contribution is 2.20. The van der Waals surface area contributed by atoms with Crippen molar-refractivity contribution < 1.29 is 17.9 Å². The van der Waals surface area contributed by atoms with Crippen LogP contribution >= 0.6 is 11.8 Å². The molecule has 1 rings (SSSR count). The van der Waals surface area contributed by atoms with E-state index in [1.54, 1.807) is 30.0 Å². The lowest BCUT2D eigenvalue weighted by atomic mass is 10.2. The van der Waals surface area contributed by atoms with Gasteiger partial charge in [-0.05, 0) is 17.7 Å². The van der Waals surface area contributed by atoms with Gasteiger partial charge < -0.3 is 4.74 Å². The summed E-state index contributed by atoms with van der Waals surface area (Å²) >= 11 is 1.58. The number of esters is 1. The quantitative estimate of drug-likeness (QED) is 0.715. The number of sulfonamides is 1. The predicted octanol–water partition coefficient (Wildman–Crippen LogP) is 1.98. The summed E-state index contributed by atoms with van der Waals surface area (Å²) in [6.07, 6.45) is 0. The van der Waals surface area contributed by atoms with Gasteiger partial charge in [-0.2, -0.15) is 11.8 Å². The maximum absolute atomic E-state index is 12.1. The number of rotatable bonds is 7. The van der Waals surface area contributed by atoms with Crippen LogP contribution in [0.5, 0.6) is 0 Å². The van der Waals surface area contributed by atoms with Crippen LogP contribution in [0, 0.1) is 5.92 Å². The first-order valence-electron chi connectivity index (χ1n) is 6.46. The summed E-state index contributed by atoms with van der Waals surface area (Å²) < 4.78 is 30.0. The second-order valence-corrected chi connectivity index (χ2v) is 8.06. The third-order valence-electron chi connectivity index (χ3n) is 2.92. The van der Waals surface area contributed by atoms with Crippen LogP contribution in [0.25, 0.3) is 0 Å². The van der Waals surface area contributed by atoms with Crippen LogP contribution in [0.15, 0.2) is 29.2 Å². The van der Waals surface area contributed by atoms with Gasteiger partial charge in [-0.1, -0.05) is 19.1 Å². The van der Waals surface area contributed by atoms with E-state index in [4.69, 9.17) is 0 Å². The zero-order valence-corrected chi connectivity index (χ0v) is 14.3. The molecule has 0 radical (unpaired) electrons. The average Bonchev–Trinajstić information content (AvgIpc) is 2.46. The molecule has 0 spiro atoms. The molecule has 5 nitrogen and oxygen atoms in total. The van der Waals surface area contributed by atoms with Crippen molar-refractivity contribution in [1.82, 2.24) is 4.31 Å². The van der Waals surface area contributed by atoms with E-state index >= 15 is 0 Å². The number of thioether (sulfide) groups is 1. The number of ether oxygens (including phenoxy) is 1. The lowest BCUT2D eigenvalue weighted by molar-refractivity contribution is -0.143. The third kappa shape index (κ3) is 5.01. The number of hydrogen-bond donors (Lipinski definition) is 0. The molecule has 7 heteroatoms. The van der Waals surface area contributed by atoms with E-state index in [0.717, 1.165) is 5.56 Å². The van der Waals surface area contributed by atoms with Gasteiger partial charge in [0.2, 0.25) is 10.0 Å². The Labute approximate surface area is 130 Å². The van der Waals surface area contributed by atoms with Gasteiger partial charge in [-0.25, -0.2) is 12.7 Å². The Bertz CT molecular complexity index is 584. The van der Waals surface area contributed by atoms with Crippen LogP contribution in [0.4, 0.5) is 0 Å². The summed E-state index contributed by atoms with van der Waals surface area (Å²) in [7, 11) is 0.983. The minimum absolute atomic E-state index is 0.173. The molecule has 0 aliphatic carbocycles. The van der Waals surface area contributed by atoms with Crippen molar-refractivity contribution in [2.24, 2.45) is 5.92 Å². The first-order chi connectivity index (χ1) is 9.78. The SMILES string of the molecule is COC(=O)C(C)CSCc1cccc(S(=O)(=O)N(C)C)c1. The van der Waals surface area contributed by atoms with Gasteiger partial charge in [0.05, 0.1) is 17.9 Å². The third-order valence-corrected chi connectivity index (χ3v) is 6.00. The summed E-state index contributed by atoms with van der Waals surface area (Å²) in [5.41, 5.74) is 0.917. The van der Waals surface area contributed by atoms with E-state index in [-0.39, 0.29) is 16.8 Å². The minimum Gasteiger partial charge on any atom is -0.469 e. The number of nitrogens with zero attached hydrogens (tertiary/aromatic N) is 1. The molecule has 0 fully saturated rings. The Balaban J connectivity index is 2.68. The highest BCUT2D eigenvalue weighted by molar-refractivity contribution is 7.98. The van der Waals surface area contributed by atoms with Crippen LogP contribution in [0.3, 0.4) is 0 Å². The molecule has 0 saturated heterocycles. The van der Waals surface area contributed by atoms with Gasteiger partial charge in [0, 0.05) is 25.6 Å².